The van der Waals surface area contributed by atoms with Gasteiger partial charge in [0.15, 0.2) is 0 Å². The van der Waals surface area contributed by atoms with Crippen LogP contribution in [0, 0.1) is 0 Å². The number of hydrogen-bond acceptors (Lipinski definition) is 5. The molecule has 0 unspecified atom stereocenters. The summed E-state index contributed by atoms with van der Waals surface area (Å²) in [6.07, 6.45) is 5.82. The Balaban J connectivity index is 1.12. The molecular weight excluding hydrogens is 430 g/mol. The predicted octanol–water partition coefficient (Wildman–Crippen LogP) is 3.44. The van der Waals surface area contributed by atoms with Gasteiger partial charge in [-0.05, 0) is 60.2 Å². The zero-order chi connectivity index (χ0) is 23.3. The number of carbonyl (C=O) groups excluding carboxylic acids is 2. The Morgan fingerprint density at radius 2 is 1.82 bits per heavy atom. The van der Waals surface area contributed by atoms with Crippen LogP contribution in [-0.4, -0.2) is 49.6 Å². The molecule has 0 saturated carbocycles. The number of aryl methyl sites for hydroxylation is 2. The van der Waals surface area contributed by atoms with Crippen molar-refractivity contribution in [2.45, 2.75) is 38.6 Å². The van der Waals surface area contributed by atoms with Gasteiger partial charge in [0.05, 0.1) is 25.9 Å². The van der Waals surface area contributed by atoms with Crippen LogP contribution in [0.2, 0.25) is 0 Å². The standard InChI is InChI=1S/C27H31N3O4/c31-26(7-8-30-9-11-33-12-10-30)29-23-6-1-3-19(13-23)17-28-27(32)16-22-18-34-25-15-21-5-2-4-20(21)14-24(22)25/h1,3,6,13-15,18H,2,4-5,7-12,16-17H2,(H,28,32)(H,29,31). The van der Waals surface area contributed by atoms with Gasteiger partial charge in [-0.2, -0.15) is 0 Å². The second-order valence-corrected chi connectivity index (χ2v) is 9.14. The van der Waals surface area contributed by atoms with Gasteiger partial charge in [0.1, 0.15) is 5.58 Å². The smallest absolute Gasteiger partial charge is 0.225 e. The Labute approximate surface area is 199 Å². The van der Waals surface area contributed by atoms with Gasteiger partial charge in [-0.25, -0.2) is 0 Å². The monoisotopic (exact) mass is 461 g/mol. The fourth-order valence-electron chi connectivity index (χ4n) is 4.79. The molecule has 1 aliphatic carbocycles. The Kier molecular flexibility index (Phi) is 6.92. The molecule has 7 nitrogen and oxygen atoms in total. The third-order valence-corrected chi connectivity index (χ3v) is 6.68. The summed E-state index contributed by atoms with van der Waals surface area (Å²) in [4.78, 5) is 27.2. The molecule has 2 aliphatic rings. The van der Waals surface area contributed by atoms with Crippen molar-refractivity contribution in [2.75, 3.05) is 38.2 Å². The van der Waals surface area contributed by atoms with Crippen LogP contribution >= 0.6 is 0 Å². The minimum Gasteiger partial charge on any atom is -0.464 e. The lowest BCUT2D eigenvalue weighted by molar-refractivity contribution is -0.120. The molecule has 2 N–H and O–H groups in total. The zero-order valence-corrected chi connectivity index (χ0v) is 19.4. The first-order valence-electron chi connectivity index (χ1n) is 12.1. The van der Waals surface area contributed by atoms with E-state index < -0.39 is 0 Å². The summed E-state index contributed by atoms with van der Waals surface area (Å²) >= 11 is 0. The molecule has 0 bridgehead atoms. The zero-order valence-electron chi connectivity index (χ0n) is 19.4. The Morgan fingerprint density at radius 1 is 1.00 bits per heavy atom. The number of amides is 2. The van der Waals surface area contributed by atoms with Crippen molar-refractivity contribution in [1.82, 2.24) is 10.2 Å². The molecule has 0 spiro atoms. The summed E-state index contributed by atoms with van der Waals surface area (Å²) in [6, 6.07) is 11.9. The van der Waals surface area contributed by atoms with Gasteiger partial charge in [-0.1, -0.05) is 12.1 Å². The lowest BCUT2D eigenvalue weighted by Gasteiger charge is -2.26. The molecule has 1 fully saturated rings. The van der Waals surface area contributed by atoms with Crippen LogP contribution in [0.3, 0.4) is 0 Å². The summed E-state index contributed by atoms with van der Waals surface area (Å²) in [5.41, 5.74) is 6.21. The van der Waals surface area contributed by atoms with E-state index in [9.17, 15) is 9.59 Å². The first kappa shape index (κ1) is 22.6. The molecule has 3 aromatic rings. The summed E-state index contributed by atoms with van der Waals surface area (Å²) in [5, 5.41) is 7.00. The van der Waals surface area contributed by atoms with Crippen LogP contribution in [0.4, 0.5) is 5.69 Å². The van der Waals surface area contributed by atoms with E-state index in [1.165, 1.54) is 17.5 Å². The lowest BCUT2D eigenvalue weighted by Crippen LogP contribution is -2.38. The number of fused-ring (bicyclic) bond motifs is 2. The normalized spacial score (nSPS) is 15.9. The van der Waals surface area contributed by atoms with Crippen molar-refractivity contribution in [3.05, 3.63) is 64.9 Å². The number of benzene rings is 2. The quantitative estimate of drug-likeness (QED) is 0.537. The second-order valence-electron chi connectivity index (χ2n) is 9.14. The van der Waals surface area contributed by atoms with Crippen molar-refractivity contribution in [1.29, 1.82) is 0 Å². The van der Waals surface area contributed by atoms with Crippen molar-refractivity contribution in [3.63, 3.8) is 0 Å². The highest BCUT2D eigenvalue weighted by Crippen LogP contribution is 2.30. The minimum absolute atomic E-state index is 0.00833. The van der Waals surface area contributed by atoms with Gasteiger partial charge < -0.3 is 19.8 Å². The minimum atomic E-state index is -0.0526. The molecule has 178 valence electrons. The number of hydrogen-bond donors (Lipinski definition) is 2. The largest absolute Gasteiger partial charge is 0.464 e. The number of carbonyl (C=O) groups is 2. The SMILES string of the molecule is O=C(Cc1coc2cc3c(cc12)CCC3)NCc1cccc(NC(=O)CCN2CCOCC2)c1. The summed E-state index contributed by atoms with van der Waals surface area (Å²) < 4.78 is 11.1. The van der Waals surface area contributed by atoms with E-state index >= 15 is 0 Å². The first-order chi connectivity index (χ1) is 16.6. The van der Waals surface area contributed by atoms with Gasteiger partial charge in [0, 0.05) is 49.2 Å². The van der Waals surface area contributed by atoms with Crippen LogP contribution in [0.15, 0.2) is 47.1 Å². The Hall–Kier alpha value is -3.16. The van der Waals surface area contributed by atoms with E-state index in [0.29, 0.717) is 13.0 Å². The molecule has 0 radical (unpaired) electrons. The number of ether oxygens (including phenoxy) is 1. The number of rotatable bonds is 8. The number of nitrogens with one attached hydrogen (secondary N) is 2. The average molecular weight is 462 g/mol. The molecule has 34 heavy (non-hydrogen) atoms. The van der Waals surface area contributed by atoms with Crippen molar-refractivity contribution < 1.29 is 18.7 Å². The molecule has 1 aliphatic heterocycles. The fourth-order valence-corrected chi connectivity index (χ4v) is 4.79. The molecule has 5 rings (SSSR count). The fraction of sp³-hybridized carbons (Fsp3) is 0.407. The highest BCUT2D eigenvalue weighted by atomic mass is 16.5. The highest BCUT2D eigenvalue weighted by Gasteiger charge is 2.17. The van der Waals surface area contributed by atoms with Crippen molar-refractivity contribution >= 4 is 28.5 Å². The third-order valence-electron chi connectivity index (χ3n) is 6.68. The van der Waals surface area contributed by atoms with Crippen LogP contribution < -0.4 is 10.6 Å². The van der Waals surface area contributed by atoms with Crippen LogP contribution in [0.25, 0.3) is 11.0 Å². The molecule has 1 aromatic heterocycles. The van der Waals surface area contributed by atoms with E-state index in [0.717, 1.165) is 73.5 Å². The maximum absolute atomic E-state index is 12.6. The second kappa shape index (κ2) is 10.4. The van der Waals surface area contributed by atoms with Gasteiger partial charge >= 0.3 is 0 Å². The van der Waals surface area contributed by atoms with E-state index in [1.807, 2.05) is 24.3 Å². The topological polar surface area (TPSA) is 83.8 Å². The van der Waals surface area contributed by atoms with Crippen LogP contribution in [0.5, 0.6) is 0 Å². The molecule has 7 heteroatoms. The van der Waals surface area contributed by atoms with Gasteiger partial charge in [-0.15, -0.1) is 0 Å². The van der Waals surface area contributed by atoms with Crippen LogP contribution in [-0.2, 0) is 40.1 Å². The average Bonchev–Trinajstić information content (AvgIpc) is 3.47. The lowest BCUT2D eigenvalue weighted by atomic mass is 10.0. The van der Waals surface area contributed by atoms with Gasteiger partial charge in [0.2, 0.25) is 11.8 Å². The Morgan fingerprint density at radius 3 is 2.68 bits per heavy atom. The first-order valence-corrected chi connectivity index (χ1v) is 12.1. The molecule has 0 atom stereocenters. The number of morpholine rings is 1. The Bertz CT molecular complexity index is 1180. The summed E-state index contributed by atoms with van der Waals surface area (Å²) in [7, 11) is 0. The van der Waals surface area contributed by atoms with Crippen LogP contribution in [0.1, 0.15) is 35.1 Å². The van der Waals surface area contributed by atoms with E-state index in [2.05, 4.69) is 27.7 Å². The maximum Gasteiger partial charge on any atom is 0.225 e. The van der Waals surface area contributed by atoms with Crippen molar-refractivity contribution in [3.8, 4) is 0 Å². The maximum atomic E-state index is 12.6. The number of nitrogens with zero attached hydrogens (tertiary/aromatic N) is 1. The van der Waals surface area contributed by atoms with E-state index in [1.54, 1.807) is 6.26 Å². The van der Waals surface area contributed by atoms with Crippen molar-refractivity contribution in [2.24, 2.45) is 0 Å². The third kappa shape index (κ3) is 5.48. The molecule has 2 aromatic carbocycles. The van der Waals surface area contributed by atoms with E-state index in [-0.39, 0.29) is 18.2 Å². The molecular formula is C27H31N3O4. The number of anilines is 1. The van der Waals surface area contributed by atoms with Gasteiger partial charge in [-0.3, -0.25) is 14.5 Å². The molecule has 2 heterocycles. The predicted molar refractivity (Wildman–Crippen MR) is 131 cm³/mol. The highest BCUT2D eigenvalue weighted by molar-refractivity contribution is 5.91. The summed E-state index contributed by atoms with van der Waals surface area (Å²) in [5.74, 6) is -0.0610. The molecule has 2 amide bonds. The summed E-state index contributed by atoms with van der Waals surface area (Å²) in [6.45, 7) is 4.35. The van der Waals surface area contributed by atoms with E-state index in [4.69, 9.17) is 9.15 Å². The van der Waals surface area contributed by atoms with Gasteiger partial charge in [0.25, 0.3) is 0 Å². The molecule has 1 saturated heterocycles. The number of furan rings is 1.